The van der Waals surface area contributed by atoms with E-state index >= 15 is 0 Å². The molecule has 8 heavy (non-hydrogen) atoms. The first-order valence-electron chi connectivity index (χ1n) is 1.75. The molecule has 4 nitrogen and oxygen atoms in total. The van der Waals surface area contributed by atoms with Gasteiger partial charge >= 0.3 is 0 Å². The first-order valence-corrected chi connectivity index (χ1v) is 1.75. The van der Waals surface area contributed by atoms with Gasteiger partial charge < -0.3 is 5.48 Å². The highest BCUT2D eigenvalue weighted by Crippen LogP contribution is 1.93. The van der Waals surface area contributed by atoms with E-state index in [0.29, 0.717) is 0 Å². The van der Waals surface area contributed by atoms with Crippen LogP contribution in [-0.4, -0.2) is 23.8 Å². The van der Waals surface area contributed by atoms with Crippen molar-refractivity contribution < 1.29 is 10.3 Å². The zero-order valence-electron chi connectivity index (χ0n) is 3.96. The summed E-state index contributed by atoms with van der Waals surface area (Å²) in [5.74, 6) is 1.66. The number of hydrogen-bond donors (Lipinski definition) is 0. The van der Waals surface area contributed by atoms with Gasteiger partial charge in [0.2, 0.25) is 5.82 Å². The molecule has 1 rings (SSSR count). The fourth-order valence-corrected chi connectivity index (χ4v) is 0.294. The minimum atomic E-state index is 0. The molecule has 2 N–H and O–H groups in total. The third kappa shape index (κ3) is 1.11. The highest BCUT2D eigenvalue weighted by molar-refractivity contribution is 6.18. The molecule has 0 saturated heterocycles. The van der Waals surface area contributed by atoms with Crippen molar-refractivity contribution >= 4 is 18.4 Å². The van der Waals surface area contributed by atoms with Gasteiger partial charge in [0.25, 0.3) is 0 Å². The second-order valence-electron chi connectivity index (χ2n) is 0.982. The largest absolute Gasteiger partial charge is 0.412 e. The lowest BCUT2D eigenvalue weighted by Crippen LogP contribution is -1.61. The van der Waals surface area contributed by atoms with Crippen LogP contribution in [0.25, 0.3) is 0 Å². The molecule has 0 aromatic heterocycles. The molecule has 1 heterocycles. The van der Waals surface area contributed by atoms with E-state index in [0.717, 1.165) is 0 Å². The van der Waals surface area contributed by atoms with Gasteiger partial charge in [-0.25, -0.2) is 14.8 Å². The van der Waals surface area contributed by atoms with Crippen molar-refractivity contribution in [1.29, 1.82) is 0 Å². The minimum absolute atomic E-state index is 0. The zero-order chi connectivity index (χ0) is 5.11. The molecule has 0 amide bonds. The summed E-state index contributed by atoms with van der Waals surface area (Å²) < 4.78 is 0. The average molecular weight is 112 g/mol. The van der Waals surface area contributed by atoms with Crippen LogP contribution in [-0.2, 0) is 4.79 Å². The van der Waals surface area contributed by atoms with Crippen molar-refractivity contribution in [2.24, 2.45) is 9.98 Å². The van der Waals surface area contributed by atoms with Gasteiger partial charge in [0.05, 0.1) is 0 Å². The first-order chi connectivity index (χ1) is 3.43. The quantitative estimate of drug-likeness (QED) is 0.370. The second kappa shape index (κ2) is 2.85. The van der Waals surface area contributed by atoms with Crippen LogP contribution < -0.4 is 0 Å². The molecule has 4 heteroatoms. The Morgan fingerprint density at radius 2 is 1.88 bits per heavy atom. The van der Waals surface area contributed by atoms with Gasteiger partial charge in [-0.2, -0.15) is 0 Å². The molecule has 42 valence electrons. The zero-order valence-corrected chi connectivity index (χ0v) is 3.96. The highest BCUT2D eigenvalue weighted by atomic mass is 16.1. The van der Waals surface area contributed by atoms with Gasteiger partial charge in [0, 0.05) is 12.4 Å². The van der Waals surface area contributed by atoms with Crippen molar-refractivity contribution in [2.45, 2.75) is 0 Å². The van der Waals surface area contributed by atoms with Gasteiger partial charge in [-0.1, -0.05) is 0 Å². The van der Waals surface area contributed by atoms with Crippen LogP contribution in [0, 0.1) is 0 Å². The molecule has 0 aromatic rings. The van der Waals surface area contributed by atoms with Crippen LogP contribution in [0.4, 0.5) is 0 Å². The lowest BCUT2D eigenvalue weighted by molar-refractivity contribution is 0.566. The van der Waals surface area contributed by atoms with Crippen molar-refractivity contribution in [3.63, 3.8) is 0 Å². The Balaban J connectivity index is 0.000000490. The number of aliphatic imine (C=N–C) groups is 2. The summed E-state index contributed by atoms with van der Waals surface area (Å²) in [4.78, 5) is 16.6. The van der Waals surface area contributed by atoms with Crippen LogP contribution in [0.1, 0.15) is 0 Å². The smallest absolute Gasteiger partial charge is 0.238 e. The topological polar surface area (TPSA) is 73.3 Å². The maximum Gasteiger partial charge on any atom is 0.238 e. The summed E-state index contributed by atoms with van der Waals surface area (Å²) in [6.07, 6.45) is 2.89. The van der Waals surface area contributed by atoms with E-state index in [1.807, 2.05) is 0 Å². The van der Waals surface area contributed by atoms with E-state index in [2.05, 4.69) is 9.98 Å². The van der Waals surface area contributed by atoms with E-state index < -0.39 is 0 Å². The molecule has 1 aliphatic rings. The SMILES string of the molecule is O.O=C=C1N=CC=N1. The molecule has 0 bridgehead atoms. The first kappa shape index (κ1) is 6.75. The van der Waals surface area contributed by atoms with Gasteiger partial charge in [0.15, 0.2) is 5.94 Å². The van der Waals surface area contributed by atoms with E-state index in [1.54, 1.807) is 0 Å². The summed E-state index contributed by atoms with van der Waals surface area (Å²) in [5, 5.41) is 0. The van der Waals surface area contributed by atoms with Crippen molar-refractivity contribution in [3.8, 4) is 0 Å². The molecule has 0 aromatic carbocycles. The summed E-state index contributed by atoms with van der Waals surface area (Å²) in [6, 6.07) is 0. The second-order valence-corrected chi connectivity index (χ2v) is 0.982. The lowest BCUT2D eigenvalue weighted by atomic mass is 10.9. The predicted molar refractivity (Wildman–Crippen MR) is 29.8 cm³/mol. The van der Waals surface area contributed by atoms with Crippen molar-refractivity contribution in [3.05, 3.63) is 5.82 Å². The molecule has 1 aliphatic heterocycles. The lowest BCUT2D eigenvalue weighted by Gasteiger charge is -1.67. The third-order valence-electron chi connectivity index (χ3n) is 0.552. The molecule has 0 saturated carbocycles. The molecule has 0 fully saturated rings. The Morgan fingerprint density at radius 3 is 2.12 bits per heavy atom. The van der Waals surface area contributed by atoms with Crippen LogP contribution in [0.2, 0.25) is 0 Å². The van der Waals surface area contributed by atoms with E-state index in [9.17, 15) is 4.79 Å². The van der Waals surface area contributed by atoms with Crippen molar-refractivity contribution in [1.82, 2.24) is 0 Å². The minimum Gasteiger partial charge on any atom is -0.412 e. The Labute approximate surface area is 45.6 Å². The van der Waals surface area contributed by atoms with Crippen LogP contribution in [0.15, 0.2) is 15.8 Å². The van der Waals surface area contributed by atoms with Crippen molar-refractivity contribution in [2.75, 3.05) is 0 Å². The molecular formula is C4H4N2O2. The fraction of sp³-hybridized carbons (Fsp3) is 0. The van der Waals surface area contributed by atoms with E-state index in [1.165, 1.54) is 18.4 Å². The Morgan fingerprint density at radius 1 is 1.38 bits per heavy atom. The van der Waals surface area contributed by atoms with Gasteiger partial charge in [-0.3, -0.25) is 0 Å². The number of hydrogen-bond acceptors (Lipinski definition) is 3. The molecule has 0 atom stereocenters. The average Bonchev–Trinajstić information content (AvgIpc) is 2.14. The van der Waals surface area contributed by atoms with Crippen LogP contribution in [0.3, 0.4) is 0 Å². The standard InChI is InChI=1S/C4H2N2O.H2O/c7-3-4-5-1-2-6-4;/h1-2H;1H2. The van der Waals surface area contributed by atoms with Crippen LogP contribution in [0.5, 0.6) is 0 Å². The number of nitrogens with zero attached hydrogens (tertiary/aromatic N) is 2. The molecule has 0 aliphatic carbocycles. The third-order valence-corrected chi connectivity index (χ3v) is 0.552. The van der Waals surface area contributed by atoms with Gasteiger partial charge in [-0.15, -0.1) is 0 Å². The number of carbonyl (C=O) groups excluding carboxylic acids is 1. The Bertz CT molecular complexity index is 162. The fourth-order valence-electron chi connectivity index (χ4n) is 0.294. The van der Waals surface area contributed by atoms with Crippen LogP contribution >= 0.6 is 0 Å². The molecular weight excluding hydrogens is 108 g/mol. The van der Waals surface area contributed by atoms with Gasteiger partial charge in [0.1, 0.15) is 0 Å². The van der Waals surface area contributed by atoms with E-state index in [-0.39, 0.29) is 11.3 Å². The maximum atomic E-state index is 9.62. The summed E-state index contributed by atoms with van der Waals surface area (Å²) in [5.41, 5.74) is 0. The maximum absolute atomic E-state index is 9.62. The van der Waals surface area contributed by atoms with Gasteiger partial charge in [-0.05, 0) is 0 Å². The molecule has 0 spiro atoms. The monoisotopic (exact) mass is 112 g/mol. The summed E-state index contributed by atoms with van der Waals surface area (Å²) >= 11 is 0. The van der Waals surface area contributed by atoms with E-state index in [4.69, 9.17) is 0 Å². The summed E-state index contributed by atoms with van der Waals surface area (Å²) in [6.45, 7) is 0. The summed E-state index contributed by atoms with van der Waals surface area (Å²) in [7, 11) is 0. The highest BCUT2D eigenvalue weighted by Gasteiger charge is 1.89. The predicted octanol–water partition coefficient (Wildman–Crippen LogP) is -1.01. The Hall–Kier alpha value is -1.25. The Kier molecular flexibility index (Phi) is 2.40. The molecule has 0 radical (unpaired) electrons. The normalized spacial score (nSPS) is 13.2. The molecule has 0 unspecified atom stereocenters. The number of rotatable bonds is 0.